The van der Waals surface area contributed by atoms with E-state index >= 15 is 0 Å². The van der Waals surface area contributed by atoms with E-state index in [9.17, 15) is 0 Å². The highest BCUT2D eigenvalue weighted by molar-refractivity contribution is 5.43. The maximum Gasteiger partial charge on any atom is 0.0478 e. The Morgan fingerprint density at radius 1 is 0.544 bits per heavy atom. The molecule has 0 aromatic rings. The Morgan fingerprint density at radius 3 is 2.25 bits per heavy atom. The molecule has 10 aliphatic carbocycles. The standard InChI is InChI=1S/C56H71N/c1-38-14-11-18-39(29-28-38)42-20-12-21-43(36-42)44-30-31-54(56(37-44)57-55-27-13-19-41-17-5-6-22-46(41)55)53-35-34-52(49-25-9-10-26-50(49)53)51-33-32-45(40-15-3-2-4-16-40)47-23-7-8-24-48(47)51/h3,5,8-10,13,15,17,20,24-28,31-33,36-37,39-41,44-53,55,57H,2,4,6-7,11-12,14,16,18-19,21-23,29-30,34-35H2,1H3. The molecule has 14 atom stereocenters. The van der Waals surface area contributed by atoms with Crippen molar-refractivity contribution in [3.63, 3.8) is 0 Å². The molecule has 0 heterocycles. The number of nitrogens with one attached hydrogen (secondary N) is 1. The van der Waals surface area contributed by atoms with Crippen molar-refractivity contribution >= 4 is 0 Å². The molecule has 0 aromatic heterocycles. The maximum atomic E-state index is 4.36. The van der Waals surface area contributed by atoms with E-state index in [1.807, 2.05) is 0 Å². The van der Waals surface area contributed by atoms with Crippen molar-refractivity contribution in [3.8, 4) is 0 Å². The molecule has 1 N–H and O–H groups in total. The topological polar surface area (TPSA) is 12.0 Å². The van der Waals surface area contributed by atoms with Crippen molar-refractivity contribution in [2.24, 2.45) is 76.9 Å². The average molecular weight is 758 g/mol. The Bertz CT molecular complexity index is 1860. The van der Waals surface area contributed by atoms with Gasteiger partial charge in [0.2, 0.25) is 0 Å². The molecule has 1 saturated carbocycles. The van der Waals surface area contributed by atoms with Gasteiger partial charge in [-0.1, -0.05) is 127 Å². The molecular weight excluding hydrogens is 687 g/mol. The molecule has 14 unspecified atom stereocenters. The molecule has 0 amide bonds. The molecule has 0 aliphatic heterocycles. The molecule has 0 bridgehead atoms. The van der Waals surface area contributed by atoms with Crippen molar-refractivity contribution < 1.29 is 0 Å². The molecule has 1 fully saturated rings. The van der Waals surface area contributed by atoms with Gasteiger partial charge >= 0.3 is 0 Å². The minimum Gasteiger partial charge on any atom is -0.379 e. The van der Waals surface area contributed by atoms with Crippen LogP contribution in [0.1, 0.15) is 116 Å². The molecule has 0 spiro atoms. The van der Waals surface area contributed by atoms with Crippen LogP contribution in [0, 0.1) is 76.9 Å². The van der Waals surface area contributed by atoms with Crippen molar-refractivity contribution in [1.82, 2.24) is 5.32 Å². The zero-order valence-corrected chi connectivity index (χ0v) is 35.1. The summed E-state index contributed by atoms with van der Waals surface area (Å²) in [4.78, 5) is 0. The Kier molecular flexibility index (Phi) is 11.4. The molecule has 300 valence electrons. The van der Waals surface area contributed by atoms with Crippen molar-refractivity contribution in [3.05, 3.63) is 143 Å². The second-order valence-corrected chi connectivity index (χ2v) is 20.2. The number of rotatable bonds is 7. The van der Waals surface area contributed by atoms with Gasteiger partial charge in [0.05, 0.1) is 0 Å². The van der Waals surface area contributed by atoms with Gasteiger partial charge in [-0.3, -0.25) is 0 Å². The maximum absolute atomic E-state index is 4.36. The van der Waals surface area contributed by atoms with Crippen LogP contribution in [0.4, 0.5) is 0 Å². The molecule has 0 radical (unpaired) electrons. The third-order valence-corrected chi connectivity index (χ3v) is 17.1. The van der Waals surface area contributed by atoms with Crippen LogP contribution < -0.4 is 5.32 Å². The van der Waals surface area contributed by atoms with E-state index in [1.54, 1.807) is 22.3 Å². The van der Waals surface area contributed by atoms with E-state index in [4.69, 9.17) is 0 Å². The fourth-order valence-corrected chi connectivity index (χ4v) is 14.1. The number of allylic oxidation sites excluding steroid dienone is 22. The highest BCUT2D eigenvalue weighted by Gasteiger charge is 2.48. The second kappa shape index (κ2) is 17.1. The summed E-state index contributed by atoms with van der Waals surface area (Å²) >= 11 is 0. The summed E-state index contributed by atoms with van der Waals surface area (Å²) in [5.74, 6) is 8.70. The monoisotopic (exact) mass is 758 g/mol. The van der Waals surface area contributed by atoms with Crippen LogP contribution in [0.2, 0.25) is 0 Å². The zero-order chi connectivity index (χ0) is 38.1. The third-order valence-electron chi connectivity index (χ3n) is 17.1. The quantitative estimate of drug-likeness (QED) is 0.255. The zero-order valence-electron chi connectivity index (χ0n) is 35.1. The lowest BCUT2D eigenvalue weighted by molar-refractivity contribution is 0.0774. The van der Waals surface area contributed by atoms with Gasteiger partial charge in [0.1, 0.15) is 0 Å². The van der Waals surface area contributed by atoms with Gasteiger partial charge < -0.3 is 5.32 Å². The van der Waals surface area contributed by atoms with Crippen LogP contribution >= 0.6 is 0 Å². The summed E-state index contributed by atoms with van der Waals surface area (Å²) < 4.78 is 0. The Balaban J connectivity index is 0.934. The number of hydrogen-bond donors (Lipinski definition) is 1. The summed E-state index contributed by atoms with van der Waals surface area (Å²) in [6.45, 7) is 2.34. The molecule has 10 aliphatic rings. The van der Waals surface area contributed by atoms with E-state index in [0.717, 1.165) is 30.1 Å². The van der Waals surface area contributed by atoms with Crippen LogP contribution in [0.25, 0.3) is 0 Å². The fourth-order valence-electron chi connectivity index (χ4n) is 14.1. The fraction of sp³-hybridized carbons (Fsp3) is 0.571. The van der Waals surface area contributed by atoms with Crippen LogP contribution in [0.3, 0.4) is 0 Å². The molecule has 1 nitrogen and oxygen atoms in total. The molecule has 0 saturated heterocycles. The number of fused-ring (bicyclic) bond motifs is 3. The predicted molar refractivity (Wildman–Crippen MR) is 241 cm³/mol. The first-order valence-corrected chi connectivity index (χ1v) is 24.1. The van der Waals surface area contributed by atoms with Gasteiger partial charge in [-0.25, -0.2) is 0 Å². The largest absolute Gasteiger partial charge is 0.379 e. The van der Waals surface area contributed by atoms with Crippen LogP contribution in [-0.4, -0.2) is 6.04 Å². The van der Waals surface area contributed by atoms with E-state index in [2.05, 4.69) is 128 Å². The lowest BCUT2D eigenvalue weighted by Gasteiger charge is -2.51. The third kappa shape index (κ3) is 7.80. The van der Waals surface area contributed by atoms with E-state index in [-0.39, 0.29) is 0 Å². The van der Waals surface area contributed by atoms with E-state index in [0.29, 0.717) is 59.3 Å². The van der Waals surface area contributed by atoms with Gasteiger partial charge in [-0.15, -0.1) is 0 Å². The van der Waals surface area contributed by atoms with Crippen molar-refractivity contribution in [2.75, 3.05) is 0 Å². The summed E-state index contributed by atoms with van der Waals surface area (Å²) in [6, 6.07) is 0.419. The van der Waals surface area contributed by atoms with E-state index < -0.39 is 0 Å². The molecule has 57 heavy (non-hydrogen) atoms. The lowest BCUT2D eigenvalue weighted by atomic mass is 9.53. The van der Waals surface area contributed by atoms with Gasteiger partial charge in [-0.2, -0.15) is 0 Å². The summed E-state index contributed by atoms with van der Waals surface area (Å²) in [6.07, 6.45) is 71.1. The van der Waals surface area contributed by atoms with Crippen molar-refractivity contribution in [2.45, 2.75) is 122 Å². The second-order valence-electron chi connectivity index (χ2n) is 20.2. The predicted octanol–water partition coefficient (Wildman–Crippen LogP) is 14.2. The Hall–Kier alpha value is -3.32. The SMILES string of the molecule is CC1=CCC(C2=CCCC(C3C=C(NC4C=CCC5C=CCCC54)C(C4CCC(C5C=CC(C6C=CCCC6)C6CCC=CC56)C5C=CC=CC45)=CC3)=C2)CCC1. The Labute approximate surface area is 346 Å². The number of hydrogen-bond acceptors (Lipinski definition) is 1. The summed E-state index contributed by atoms with van der Waals surface area (Å²) in [7, 11) is 0. The van der Waals surface area contributed by atoms with Gasteiger partial charge in [0.15, 0.2) is 0 Å². The van der Waals surface area contributed by atoms with Crippen LogP contribution in [0.5, 0.6) is 0 Å². The van der Waals surface area contributed by atoms with Gasteiger partial charge in [-0.05, 0) is 198 Å². The molecule has 0 aromatic carbocycles. The minimum absolute atomic E-state index is 0.419. The van der Waals surface area contributed by atoms with Crippen LogP contribution in [0.15, 0.2) is 143 Å². The molecule has 10 rings (SSSR count). The van der Waals surface area contributed by atoms with E-state index in [1.165, 1.54) is 108 Å². The first kappa shape index (κ1) is 37.9. The molecule has 1 heteroatoms. The van der Waals surface area contributed by atoms with Gasteiger partial charge in [0.25, 0.3) is 0 Å². The van der Waals surface area contributed by atoms with Crippen LogP contribution in [-0.2, 0) is 0 Å². The van der Waals surface area contributed by atoms with Crippen molar-refractivity contribution in [1.29, 1.82) is 0 Å². The smallest absolute Gasteiger partial charge is 0.0478 e. The lowest BCUT2D eigenvalue weighted by Crippen LogP contribution is -2.45. The highest BCUT2D eigenvalue weighted by Crippen LogP contribution is 2.55. The molecular formula is C56H71N. The Morgan fingerprint density at radius 2 is 1.33 bits per heavy atom. The first-order chi connectivity index (χ1) is 28.2. The minimum atomic E-state index is 0.419. The average Bonchev–Trinajstić information content (AvgIpc) is 3.50. The normalized spacial score (nSPS) is 42.4. The highest BCUT2D eigenvalue weighted by atomic mass is 14.9. The first-order valence-electron chi connectivity index (χ1n) is 24.1. The summed E-state index contributed by atoms with van der Waals surface area (Å²) in [5, 5.41) is 4.36. The van der Waals surface area contributed by atoms with Gasteiger partial charge in [0, 0.05) is 17.7 Å². The summed E-state index contributed by atoms with van der Waals surface area (Å²) in [5.41, 5.74) is 8.06.